The Morgan fingerprint density at radius 3 is 3.08 bits per heavy atom. The lowest BCUT2D eigenvalue weighted by molar-refractivity contribution is 1.19. The molecule has 0 unspecified atom stereocenters. The van der Waals surface area contributed by atoms with Gasteiger partial charge < -0.3 is 0 Å². The van der Waals surface area contributed by atoms with Crippen LogP contribution in [0.1, 0.15) is 12.8 Å². The second-order valence-electron chi connectivity index (χ2n) is 3.12. The second kappa shape index (κ2) is 3.87. The van der Waals surface area contributed by atoms with Crippen LogP contribution in [0.15, 0.2) is 28.0 Å². The van der Waals surface area contributed by atoms with E-state index in [4.69, 9.17) is 0 Å². The lowest BCUT2D eigenvalue weighted by Crippen LogP contribution is -1.90. The van der Waals surface area contributed by atoms with Crippen molar-refractivity contribution >= 4 is 27.8 Å². The fourth-order valence-electron chi connectivity index (χ4n) is 0.936. The quantitative estimate of drug-likeness (QED) is 0.651. The van der Waals surface area contributed by atoms with Gasteiger partial charge in [-0.1, -0.05) is 0 Å². The number of nitrogens with zero attached hydrogens (tertiary/aromatic N) is 2. The summed E-state index contributed by atoms with van der Waals surface area (Å²) in [5.74, 6) is 0.701. The van der Waals surface area contributed by atoms with E-state index >= 15 is 0 Å². The SMILES string of the molecule is Brc1cncc(N/N=C/C2CC2)c1. The molecule has 1 aromatic heterocycles. The molecule has 3 nitrogen and oxygen atoms in total. The maximum absolute atomic E-state index is 4.11. The van der Waals surface area contributed by atoms with Gasteiger partial charge >= 0.3 is 0 Å². The standard InChI is InChI=1S/C9H10BrN3/c10-8-3-9(6-11-5-8)13-12-4-7-1-2-7/h3-7,13H,1-2H2/b12-4+. The molecule has 0 aromatic carbocycles. The lowest BCUT2D eigenvalue weighted by atomic mass is 10.4. The number of rotatable bonds is 3. The number of hydrazone groups is 1. The molecule has 4 heteroatoms. The summed E-state index contributed by atoms with van der Waals surface area (Å²) in [4.78, 5) is 4.01. The molecule has 1 aliphatic carbocycles. The molecule has 0 bridgehead atoms. The van der Waals surface area contributed by atoms with E-state index in [-0.39, 0.29) is 0 Å². The molecule has 0 amide bonds. The third-order valence-corrected chi connectivity index (χ3v) is 2.24. The van der Waals surface area contributed by atoms with Gasteiger partial charge in [-0.3, -0.25) is 10.4 Å². The summed E-state index contributed by atoms with van der Waals surface area (Å²) >= 11 is 3.34. The van der Waals surface area contributed by atoms with E-state index < -0.39 is 0 Å². The molecule has 1 saturated carbocycles. The van der Waals surface area contributed by atoms with Crippen molar-refractivity contribution in [3.8, 4) is 0 Å². The maximum Gasteiger partial charge on any atom is 0.0756 e. The van der Waals surface area contributed by atoms with Crippen molar-refractivity contribution in [2.45, 2.75) is 12.8 Å². The predicted molar refractivity (Wildman–Crippen MR) is 56.8 cm³/mol. The van der Waals surface area contributed by atoms with Gasteiger partial charge in [-0.05, 0) is 40.8 Å². The van der Waals surface area contributed by atoms with Crippen LogP contribution in [-0.4, -0.2) is 11.2 Å². The first kappa shape index (κ1) is 8.69. The van der Waals surface area contributed by atoms with E-state index in [0.717, 1.165) is 10.2 Å². The molecular weight excluding hydrogens is 230 g/mol. The summed E-state index contributed by atoms with van der Waals surface area (Å²) < 4.78 is 0.958. The largest absolute Gasteiger partial charge is 0.277 e. The second-order valence-corrected chi connectivity index (χ2v) is 4.03. The summed E-state index contributed by atoms with van der Waals surface area (Å²) in [6, 6.07) is 1.94. The average Bonchev–Trinajstić information content (AvgIpc) is 2.88. The predicted octanol–water partition coefficient (Wildman–Crippen LogP) is 2.65. The van der Waals surface area contributed by atoms with Gasteiger partial charge in [0.2, 0.25) is 0 Å². The van der Waals surface area contributed by atoms with Crippen molar-refractivity contribution in [3.05, 3.63) is 22.9 Å². The van der Waals surface area contributed by atoms with Gasteiger partial charge in [0.1, 0.15) is 0 Å². The van der Waals surface area contributed by atoms with Crippen molar-refractivity contribution in [2.24, 2.45) is 11.0 Å². The van der Waals surface area contributed by atoms with Gasteiger partial charge in [0.05, 0.1) is 11.9 Å². The molecule has 1 heterocycles. The van der Waals surface area contributed by atoms with E-state index in [1.54, 1.807) is 12.4 Å². The minimum Gasteiger partial charge on any atom is -0.277 e. The average molecular weight is 240 g/mol. The lowest BCUT2D eigenvalue weighted by Gasteiger charge is -1.98. The zero-order valence-electron chi connectivity index (χ0n) is 7.07. The van der Waals surface area contributed by atoms with E-state index in [0.29, 0.717) is 5.92 Å². The molecule has 1 aromatic rings. The minimum atomic E-state index is 0.701. The van der Waals surface area contributed by atoms with E-state index in [2.05, 4.69) is 31.4 Å². The van der Waals surface area contributed by atoms with Crippen molar-refractivity contribution in [1.29, 1.82) is 0 Å². The molecule has 13 heavy (non-hydrogen) atoms. The number of pyridine rings is 1. The summed E-state index contributed by atoms with van der Waals surface area (Å²) in [5.41, 5.74) is 3.84. The Morgan fingerprint density at radius 1 is 1.54 bits per heavy atom. The first-order chi connectivity index (χ1) is 6.34. The van der Waals surface area contributed by atoms with Gasteiger partial charge in [0, 0.05) is 16.9 Å². The molecule has 1 fully saturated rings. The fraction of sp³-hybridized carbons (Fsp3) is 0.333. The highest BCUT2D eigenvalue weighted by molar-refractivity contribution is 9.10. The first-order valence-electron chi connectivity index (χ1n) is 4.24. The third-order valence-electron chi connectivity index (χ3n) is 1.81. The monoisotopic (exact) mass is 239 g/mol. The highest BCUT2D eigenvalue weighted by Gasteiger charge is 2.18. The summed E-state index contributed by atoms with van der Waals surface area (Å²) in [5, 5.41) is 4.11. The Bertz CT molecular complexity index is 320. The molecule has 0 spiro atoms. The Kier molecular flexibility index (Phi) is 2.59. The number of halogens is 1. The number of hydrogen-bond acceptors (Lipinski definition) is 3. The van der Waals surface area contributed by atoms with Crippen molar-refractivity contribution < 1.29 is 0 Å². The topological polar surface area (TPSA) is 37.3 Å². The molecule has 0 aliphatic heterocycles. The number of hydrogen-bond donors (Lipinski definition) is 1. The van der Waals surface area contributed by atoms with Crippen LogP contribution in [0.2, 0.25) is 0 Å². The van der Waals surface area contributed by atoms with Crippen molar-refractivity contribution in [1.82, 2.24) is 4.98 Å². The third kappa shape index (κ3) is 2.81. The molecule has 68 valence electrons. The fourth-order valence-corrected chi connectivity index (χ4v) is 1.30. The Hall–Kier alpha value is -0.900. The molecule has 0 radical (unpaired) electrons. The zero-order valence-corrected chi connectivity index (χ0v) is 8.66. The molecule has 2 rings (SSSR count). The first-order valence-corrected chi connectivity index (χ1v) is 5.03. The minimum absolute atomic E-state index is 0.701. The smallest absolute Gasteiger partial charge is 0.0756 e. The van der Waals surface area contributed by atoms with Gasteiger partial charge in [0.25, 0.3) is 0 Å². The number of anilines is 1. The van der Waals surface area contributed by atoms with Crippen LogP contribution in [0.3, 0.4) is 0 Å². The number of aromatic nitrogens is 1. The normalized spacial score (nSPS) is 16.4. The van der Waals surface area contributed by atoms with Crippen LogP contribution in [0.5, 0.6) is 0 Å². The van der Waals surface area contributed by atoms with Crippen LogP contribution < -0.4 is 5.43 Å². The van der Waals surface area contributed by atoms with Gasteiger partial charge in [-0.15, -0.1) is 0 Å². The molecule has 0 atom stereocenters. The van der Waals surface area contributed by atoms with E-state index in [9.17, 15) is 0 Å². The van der Waals surface area contributed by atoms with Gasteiger partial charge in [-0.25, -0.2) is 0 Å². The van der Waals surface area contributed by atoms with E-state index in [1.165, 1.54) is 12.8 Å². The van der Waals surface area contributed by atoms with Crippen LogP contribution >= 0.6 is 15.9 Å². The Morgan fingerprint density at radius 2 is 2.38 bits per heavy atom. The van der Waals surface area contributed by atoms with Gasteiger partial charge in [0.15, 0.2) is 0 Å². The Balaban J connectivity index is 1.92. The van der Waals surface area contributed by atoms with Crippen molar-refractivity contribution in [2.75, 3.05) is 5.43 Å². The summed E-state index contributed by atoms with van der Waals surface area (Å²) in [7, 11) is 0. The maximum atomic E-state index is 4.11. The van der Waals surface area contributed by atoms with Crippen molar-refractivity contribution in [3.63, 3.8) is 0 Å². The van der Waals surface area contributed by atoms with Gasteiger partial charge in [-0.2, -0.15) is 5.10 Å². The highest BCUT2D eigenvalue weighted by Crippen LogP contribution is 2.26. The molecule has 0 saturated heterocycles. The highest BCUT2D eigenvalue weighted by atomic mass is 79.9. The Labute approximate surface area is 85.4 Å². The number of nitrogens with one attached hydrogen (secondary N) is 1. The van der Waals surface area contributed by atoms with Crippen LogP contribution in [-0.2, 0) is 0 Å². The molecular formula is C9H10BrN3. The summed E-state index contributed by atoms with van der Waals surface area (Å²) in [6.45, 7) is 0. The van der Waals surface area contributed by atoms with Crippen LogP contribution in [0.4, 0.5) is 5.69 Å². The zero-order chi connectivity index (χ0) is 9.10. The van der Waals surface area contributed by atoms with Crippen LogP contribution in [0, 0.1) is 5.92 Å². The summed E-state index contributed by atoms with van der Waals surface area (Å²) in [6.07, 6.45) is 8.01. The van der Waals surface area contributed by atoms with E-state index in [1.807, 2.05) is 12.3 Å². The molecule has 1 N–H and O–H groups in total. The van der Waals surface area contributed by atoms with Crippen LogP contribution in [0.25, 0.3) is 0 Å². The molecule has 1 aliphatic rings.